The quantitative estimate of drug-likeness (QED) is 0.873. The third-order valence-electron chi connectivity index (χ3n) is 2.31. The van der Waals surface area contributed by atoms with Gasteiger partial charge in [0, 0.05) is 12.1 Å². The van der Waals surface area contributed by atoms with Gasteiger partial charge in [0.2, 0.25) is 0 Å². The van der Waals surface area contributed by atoms with Crippen molar-refractivity contribution in [3.05, 3.63) is 47.3 Å². The lowest BCUT2D eigenvalue weighted by molar-refractivity contribution is 0.490. The lowest BCUT2D eigenvalue weighted by Gasteiger charge is -2.02. The molecule has 0 unspecified atom stereocenters. The Kier molecular flexibility index (Phi) is 3.43. The molecule has 0 amide bonds. The van der Waals surface area contributed by atoms with Crippen LogP contribution in [0.4, 0.5) is 8.78 Å². The Hall–Kier alpha value is -1.82. The van der Waals surface area contributed by atoms with Gasteiger partial charge in [-0.2, -0.15) is 0 Å². The molecule has 2 aromatic rings. The third kappa shape index (κ3) is 2.65. The van der Waals surface area contributed by atoms with Crippen LogP contribution in [0.5, 0.6) is 0 Å². The molecule has 0 saturated heterocycles. The first-order chi connectivity index (χ1) is 8.20. The first-order valence-electron chi connectivity index (χ1n) is 5.17. The van der Waals surface area contributed by atoms with Crippen molar-refractivity contribution in [3.8, 4) is 0 Å². The molecule has 1 heterocycles. The number of benzene rings is 1. The number of nitrogens with one attached hydrogen (secondary N) is 1. The van der Waals surface area contributed by atoms with Crippen LogP contribution in [0.1, 0.15) is 11.3 Å². The summed E-state index contributed by atoms with van der Waals surface area (Å²) in [6.07, 6.45) is 1.70. The molecule has 0 atom stereocenters. The van der Waals surface area contributed by atoms with Gasteiger partial charge in [-0.05, 0) is 13.1 Å². The Balaban J connectivity index is 2.16. The smallest absolute Gasteiger partial charge is 0.163 e. The highest BCUT2D eigenvalue weighted by Crippen LogP contribution is 2.12. The van der Waals surface area contributed by atoms with Crippen LogP contribution in [-0.2, 0) is 13.1 Å². The van der Waals surface area contributed by atoms with Gasteiger partial charge in [0.1, 0.15) is 0 Å². The molecule has 1 N–H and O–H groups in total. The number of hydrogen-bond acceptors (Lipinski definition) is 3. The molecule has 90 valence electrons. The molecule has 1 aromatic carbocycles. The number of aromatic nitrogens is 3. The van der Waals surface area contributed by atoms with E-state index in [9.17, 15) is 8.78 Å². The van der Waals surface area contributed by atoms with Gasteiger partial charge < -0.3 is 5.32 Å². The summed E-state index contributed by atoms with van der Waals surface area (Å²) in [6.45, 7) is 0.756. The summed E-state index contributed by atoms with van der Waals surface area (Å²) in [4.78, 5) is 0. The first-order valence-corrected chi connectivity index (χ1v) is 5.17. The van der Waals surface area contributed by atoms with Crippen LogP contribution in [-0.4, -0.2) is 22.0 Å². The van der Waals surface area contributed by atoms with E-state index >= 15 is 0 Å². The van der Waals surface area contributed by atoms with Gasteiger partial charge in [-0.3, -0.25) is 0 Å². The molecule has 0 bridgehead atoms. The van der Waals surface area contributed by atoms with Crippen LogP contribution in [0.15, 0.2) is 24.4 Å². The third-order valence-corrected chi connectivity index (χ3v) is 2.31. The number of hydrogen-bond donors (Lipinski definition) is 1. The minimum Gasteiger partial charge on any atom is -0.314 e. The normalized spacial score (nSPS) is 10.8. The number of rotatable bonds is 4. The van der Waals surface area contributed by atoms with Crippen LogP contribution in [0.2, 0.25) is 0 Å². The molecular formula is C11H12F2N4. The van der Waals surface area contributed by atoms with Crippen molar-refractivity contribution in [3.63, 3.8) is 0 Å². The largest absolute Gasteiger partial charge is 0.314 e. The number of nitrogens with zero attached hydrogens (tertiary/aromatic N) is 3. The van der Waals surface area contributed by atoms with Gasteiger partial charge in [-0.25, -0.2) is 13.5 Å². The summed E-state index contributed by atoms with van der Waals surface area (Å²) >= 11 is 0. The van der Waals surface area contributed by atoms with E-state index in [0.29, 0.717) is 6.54 Å². The molecular weight excluding hydrogens is 226 g/mol. The molecule has 0 fully saturated rings. The molecule has 1 aromatic heterocycles. The number of halogens is 2. The van der Waals surface area contributed by atoms with Gasteiger partial charge in [0.05, 0.1) is 18.4 Å². The Bertz CT molecular complexity index is 510. The van der Waals surface area contributed by atoms with Gasteiger partial charge in [-0.1, -0.05) is 17.3 Å². The monoisotopic (exact) mass is 238 g/mol. The highest BCUT2D eigenvalue weighted by atomic mass is 19.2. The molecule has 0 aliphatic rings. The maximum absolute atomic E-state index is 13.4. The zero-order valence-corrected chi connectivity index (χ0v) is 9.32. The van der Waals surface area contributed by atoms with E-state index in [2.05, 4.69) is 15.6 Å². The van der Waals surface area contributed by atoms with Crippen molar-refractivity contribution in [2.45, 2.75) is 13.1 Å². The molecule has 0 aliphatic carbocycles. The molecule has 0 aliphatic heterocycles. The van der Waals surface area contributed by atoms with Crippen molar-refractivity contribution in [1.82, 2.24) is 20.3 Å². The van der Waals surface area contributed by atoms with E-state index < -0.39 is 11.6 Å². The molecule has 4 nitrogen and oxygen atoms in total. The predicted molar refractivity (Wildman–Crippen MR) is 58.2 cm³/mol. The second kappa shape index (κ2) is 5.01. The Morgan fingerprint density at radius 1 is 1.35 bits per heavy atom. The van der Waals surface area contributed by atoms with Crippen molar-refractivity contribution >= 4 is 0 Å². The minimum absolute atomic E-state index is 0.167. The molecule has 2 rings (SSSR count). The van der Waals surface area contributed by atoms with Crippen LogP contribution < -0.4 is 5.32 Å². The van der Waals surface area contributed by atoms with Crippen molar-refractivity contribution in [1.29, 1.82) is 0 Å². The van der Waals surface area contributed by atoms with Gasteiger partial charge in [-0.15, -0.1) is 5.10 Å². The standard InChI is InChI=1S/C11H12F2N4/c1-14-5-9-7-17(16-15-9)6-8-3-2-4-10(12)11(8)13/h2-4,7,14H,5-6H2,1H3. The molecule has 6 heteroatoms. The van der Waals surface area contributed by atoms with Crippen LogP contribution in [0.25, 0.3) is 0 Å². The molecule has 0 radical (unpaired) electrons. The summed E-state index contributed by atoms with van der Waals surface area (Å²) in [5.41, 5.74) is 1.01. The Labute approximate surface area is 97.3 Å². The van der Waals surface area contributed by atoms with E-state index in [4.69, 9.17) is 0 Å². The van der Waals surface area contributed by atoms with E-state index in [1.165, 1.54) is 16.8 Å². The minimum atomic E-state index is -0.849. The summed E-state index contributed by atoms with van der Waals surface area (Å²) in [6, 6.07) is 4.09. The van der Waals surface area contributed by atoms with E-state index in [1.807, 2.05) is 0 Å². The highest BCUT2D eigenvalue weighted by molar-refractivity contribution is 5.19. The van der Waals surface area contributed by atoms with Crippen LogP contribution in [0, 0.1) is 11.6 Å². The maximum Gasteiger partial charge on any atom is 0.163 e. The highest BCUT2D eigenvalue weighted by Gasteiger charge is 2.09. The zero-order valence-electron chi connectivity index (χ0n) is 9.32. The average Bonchev–Trinajstić information content (AvgIpc) is 2.73. The molecule has 17 heavy (non-hydrogen) atoms. The molecule has 0 saturated carbocycles. The van der Waals surface area contributed by atoms with Gasteiger partial charge in [0.25, 0.3) is 0 Å². The summed E-state index contributed by atoms with van der Waals surface area (Å²) in [5, 5.41) is 10.7. The van der Waals surface area contributed by atoms with Crippen molar-refractivity contribution in [2.24, 2.45) is 0 Å². The van der Waals surface area contributed by atoms with E-state index in [1.54, 1.807) is 13.2 Å². The van der Waals surface area contributed by atoms with Crippen molar-refractivity contribution < 1.29 is 8.78 Å². The maximum atomic E-state index is 13.4. The van der Waals surface area contributed by atoms with Crippen LogP contribution >= 0.6 is 0 Å². The fourth-order valence-corrected chi connectivity index (χ4v) is 1.52. The predicted octanol–water partition coefficient (Wildman–Crippen LogP) is 1.32. The van der Waals surface area contributed by atoms with Gasteiger partial charge >= 0.3 is 0 Å². The second-order valence-electron chi connectivity index (χ2n) is 3.65. The zero-order chi connectivity index (χ0) is 12.3. The Morgan fingerprint density at radius 3 is 2.94 bits per heavy atom. The second-order valence-corrected chi connectivity index (χ2v) is 3.65. The molecule has 0 spiro atoms. The first kappa shape index (κ1) is 11.7. The summed E-state index contributed by atoms with van der Waals surface area (Å²) < 4.78 is 27.8. The summed E-state index contributed by atoms with van der Waals surface area (Å²) in [5.74, 6) is -1.68. The van der Waals surface area contributed by atoms with Gasteiger partial charge in [0.15, 0.2) is 11.6 Å². The van der Waals surface area contributed by atoms with E-state index in [0.717, 1.165) is 11.8 Å². The Morgan fingerprint density at radius 2 is 2.18 bits per heavy atom. The lowest BCUT2D eigenvalue weighted by atomic mass is 10.2. The van der Waals surface area contributed by atoms with Crippen molar-refractivity contribution in [2.75, 3.05) is 7.05 Å². The topological polar surface area (TPSA) is 42.7 Å². The van der Waals surface area contributed by atoms with Crippen LogP contribution in [0.3, 0.4) is 0 Å². The summed E-state index contributed by atoms with van der Waals surface area (Å²) in [7, 11) is 1.80. The SMILES string of the molecule is CNCc1cn(Cc2cccc(F)c2F)nn1. The fraction of sp³-hybridized carbons (Fsp3) is 0.273. The fourth-order valence-electron chi connectivity index (χ4n) is 1.52. The van der Waals surface area contributed by atoms with E-state index in [-0.39, 0.29) is 12.1 Å². The lowest BCUT2D eigenvalue weighted by Crippen LogP contribution is -2.05. The average molecular weight is 238 g/mol.